The number of halogens is 1. The van der Waals surface area contributed by atoms with Crippen LogP contribution in [-0.4, -0.2) is 30.3 Å². The molecule has 1 heterocycles. The second-order valence-corrected chi connectivity index (χ2v) is 6.53. The monoisotopic (exact) mass is 359 g/mol. The first-order valence-corrected chi connectivity index (χ1v) is 8.59. The molecule has 0 saturated heterocycles. The lowest BCUT2D eigenvalue weighted by Crippen LogP contribution is -2.42. The van der Waals surface area contributed by atoms with Crippen molar-refractivity contribution in [2.75, 3.05) is 17.2 Å². The maximum absolute atomic E-state index is 12.1. The van der Waals surface area contributed by atoms with E-state index in [2.05, 4.69) is 10.5 Å². The molecule has 0 aliphatic carbocycles. The molecule has 1 N–H and O–H groups in total. The number of carbonyl (C=O) groups excluding carboxylic acids is 2. The summed E-state index contributed by atoms with van der Waals surface area (Å²) in [5.74, 6) is -0.107. The van der Waals surface area contributed by atoms with Gasteiger partial charge in [0.25, 0.3) is 5.91 Å². The van der Waals surface area contributed by atoms with E-state index in [-0.39, 0.29) is 18.4 Å². The molecule has 3 rings (SSSR count). The van der Waals surface area contributed by atoms with Crippen molar-refractivity contribution < 1.29 is 9.59 Å². The molecule has 24 heavy (non-hydrogen) atoms. The number of nitrogens with one attached hydrogen (secondary N) is 1. The predicted molar refractivity (Wildman–Crippen MR) is 96.7 cm³/mol. The molecule has 0 bridgehead atoms. The van der Waals surface area contributed by atoms with Gasteiger partial charge in [-0.25, -0.2) is 5.43 Å². The Morgan fingerprint density at radius 1 is 1.25 bits per heavy atom. The van der Waals surface area contributed by atoms with Crippen molar-refractivity contribution in [2.24, 2.45) is 5.10 Å². The molecule has 2 aromatic carbocycles. The van der Waals surface area contributed by atoms with Gasteiger partial charge in [0.2, 0.25) is 5.91 Å². The topological polar surface area (TPSA) is 61.8 Å². The number of benzene rings is 2. The number of para-hydroxylation sites is 1. The summed E-state index contributed by atoms with van der Waals surface area (Å²) in [5, 5.41) is 4.54. The number of thioether (sulfide) groups is 1. The molecular formula is C17H14ClN3O2S. The van der Waals surface area contributed by atoms with Crippen LogP contribution in [0.2, 0.25) is 5.02 Å². The highest BCUT2D eigenvalue weighted by Crippen LogP contribution is 2.34. The maximum atomic E-state index is 12.1. The van der Waals surface area contributed by atoms with Gasteiger partial charge in [0.15, 0.2) is 0 Å². The van der Waals surface area contributed by atoms with Gasteiger partial charge in [0.05, 0.1) is 17.7 Å². The number of nitrogens with zero attached hydrogens (tertiary/aromatic N) is 2. The van der Waals surface area contributed by atoms with Gasteiger partial charge in [-0.05, 0) is 29.8 Å². The Labute approximate surface area is 148 Å². The minimum absolute atomic E-state index is 0.0611. The number of amides is 2. The van der Waals surface area contributed by atoms with E-state index in [0.717, 1.165) is 16.1 Å². The van der Waals surface area contributed by atoms with E-state index in [0.29, 0.717) is 10.8 Å². The number of hydrogen-bond acceptors (Lipinski definition) is 4. The third kappa shape index (κ3) is 3.96. The summed E-state index contributed by atoms with van der Waals surface area (Å²) in [4.78, 5) is 26.6. The molecule has 122 valence electrons. The minimum atomic E-state index is -0.352. The van der Waals surface area contributed by atoms with Crippen LogP contribution in [0.5, 0.6) is 0 Å². The Morgan fingerprint density at radius 2 is 2.00 bits per heavy atom. The van der Waals surface area contributed by atoms with Crippen LogP contribution in [0.1, 0.15) is 5.56 Å². The first-order chi connectivity index (χ1) is 11.6. The van der Waals surface area contributed by atoms with Gasteiger partial charge in [-0.15, -0.1) is 11.8 Å². The fourth-order valence-corrected chi connectivity index (χ4v) is 3.30. The van der Waals surface area contributed by atoms with E-state index in [4.69, 9.17) is 11.6 Å². The summed E-state index contributed by atoms with van der Waals surface area (Å²) < 4.78 is 0. The van der Waals surface area contributed by atoms with Crippen LogP contribution in [-0.2, 0) is 9.59 Å². The summed E-state index contributed by atoms with van der Waals surface area (Å²) in [5.41, 5.74) is 4.02. The highest BCUT2D eigenvalue weighted by molar-refractivity contribution is 8.00. The summed E-state index contributed by atoms with van der Waals surface area (Å²) in [6.45, 7) is -0.0611. The van der Waals surface area contributed by atoms with Crippen molar-refractivity contribution in [3.63, 3.8) is 0 Å². The van der Waals surface area contributed by atoms with Crippen molar-refractivity contribution in [2.45, 2.75) is 4.90 Å². The third-order valence-electron chi connectivity index (χ3n) is 3.38. The average molecular weight is 360 g/mol. The zero-order chi connectivity index (χ0) is 16.9. The van der Waals surface area contributed by atoms with Crippen LogP contribution in [0.3, 0.4) is 0 Å². The van der Waals surface area contributed by atoms with Gasteiger partial charge in [-0.2, -0.15) is 5.10 Å². The second kappa shape index (κ2) is 7.51. The minimum Gasteiger partial charge on any atom is -0.301 e. The standard InChI is InChI=1S/C17H14ClN3O2S/c18-13-7-5-12(6-8-13)9-19-20-16(22)10-21-14-3-1-2-4-15(14)24-11-17(21)23/h1-9H,10-11H2,(H,20,22)/b19-9+. The van der Waals surface area contributed by atoms with Crippen LogP contribution < -0.4 is 10.3 Å². The van der Waals surface area contributed by atoms with Gasteiger partial charge in [0.1, 0.15) is 6.54 Å². The summed E-state index contributed by atoms with van der Waals surface area (Å²) in [7, 11) is 0. The largest absolute Gasteiger partial charge is 0.301 e. The molecule has 2 amide bonds. The van der Waals surface area contributed by atoms with E-state index >= 15 is 0 Å². The molecule has 2 aromatic rings. The number of fused-ring (bicyclic) bond motifs is 1. The van der Waals surface area contributed by atoms with Crippen LogP contribution in [0.25, 0.3) is 0 Å². The number of hydrogen-bond donors (Lipinski definition) is 1. The zero-order valence-corrected chi connectivity index (χ0v) is 14.2. The smallest absolute Gasteiger partial charge is 0.260 e. The predicted octanol–water partition coefficient (Wildman–Crippen LogP) is 2.93. The molecule has 0 radical (unpaired) electrons. The molecular weight excluding hydrogens is 346 g/mol. The highest BCUT2D eigenvalue weighted by atomic mass is 35.5. The first-order valence-electron chi connectivity index (χ1n) is 7.23. The molecule has 0 aromatic heterocycles. The van der Waals surface area contributed by atoms with E-state index in [1.54, 1.807) is 24.3 Å². The molecule has 0 unspecified atom stereocenters. The fraction of sp³-hybridized carbons (Fsp3) is 0.118. The molecule has 1 aliphatic rings. The molecule has 0 atom stereocenters. The van der Waals surface area contributed by atoms with Crippen LogP contribution in [0.4, 0.5) is 5.69 Å². The number of carbonyl (C=O) groups is 2. The summed E-state index contributed by atoms with van der Waals surface area (Å²) in [6, 6.07) is 14.6. The average Bonchev–Trinajstić information content (AvgIpc) is 2.59. The van der Waals surface area contributed by atoms with Crippen LogP contribution in [0, 0.1) is 0 Å². The Bertz CT molecular complexity index is 793. The molecule has 0 fully saturated rings. The number of rotatable bonds is 4. The Hall–Kier alpha value is -2.31. The van der Waals surface area contributed by atoms with Crippen molar-refractivity contribution in [1.29, 1.82) is 0 Å². The lowest BCUT2D eigenvalue weighted by molar-refractivity contribution is -0.122. The van der Waals surface area contributed by atoms with E-state index in [1.807, 2.05) is 24.3 Å². The van der Waals surface area contributed by atoms with E-state index in [9.17, 15) is 9.59 Å². The summed E-state index contributed by atoms with van der Waals surface area (Å²) in [6.07, 6.45) is 1.52. The van der Waals surface area contributed by atoms with Gasteiger partial charge in [-0.1, -0.05) is 35.9 Å². The highest BCUT2D eigenvalue weighted by Gasteiger charge is 2.25. The SMILES string of the molecule is O=C(CN1C(=O)CSc2ccccc21)N/N=C/c1ccc(Cl)cc1. The zero-order valence-electron chi connectivity index (χ0n) is 12.6. The Kier molecular flexibility index (Phi) is 5.17. The van der Waals surface area contributed by atoms with Crippen molar-refractivity contribution in [3.8, 4) is 0 Å². The lowest BCUT2D eigenvalue weighted by atomic mass is 10.2. The number of anilines is 1. The lowest BCUT2D eigenvalue weighted by Gasteiger charge is -2.27. The summed E-state index contributed by atoms with van der Waals surface area (Å²) >= 11 is 7.29. The molecule has 0 saturated carbocycles. The third-order valence-corrected chi connectivity index (χ3v) is 4.68. The molecule has 5 nitrogen and oxygen atoms in total. The van der Waals surface area contributed by atoms with Gasteiger partial charge < -0.3 is 4.90 Å². The van der Waals surface area contributed by atoms with Crippen molar-refractivity contribution >= 4 is 47.1 Å². The van der Waals surface area contributed by atoms with E-state index in [1.165, 1.54) is 22.9 Å². The van der Waals surface area contributed by atoms with E-state index < -0.39 is 0 Å². The van der Waals surface area contributed by atoms with Gasteiger partial charge in [0, 0.05) is 9.92 Å². The van der Waals surface area contributed by atoms with Crippen molar-refractivity contribution in [3.05, 3.63) is 59.1 Å². The van der Waals surface area contributed by atoms with Gasteiger partial charge >= 0.3 is 0 Å². The first kappa shape index (κ1) is 16.5. The van der Waals surface area contributed by atoms with Crippen molar-refractivity contribution in [1.82, 2.24) is 5.43 Å². The molecule has 1 aliphatic heterocycles. The Balaban J connectivity index is 1.62. The van der Waals surface area contributed by atoms with Gasteiger partial charge in [-0.3, -0.25) is 9.59 Å². The fourth-order valence-electron chi connectivity index (χ4n) is 2.23. The quantitative estimate of drug-likeness (QED) is 0.674. The normalized spacial score (nSPS) is 13.9. The molecule has 0 spiro atoms. The van der Waals surface area contributed by atoms with Crippen LogP contribution in [0.15, 0.2) is 58.5 Å². The molecule has 7 heteroatoms. The van der Waals surface area contributed by atoms with Crippen LogP contribution >= 0.6 is 23.4 Å². The number of hydrazone groups is 1. The second-order valence-electron chi connectivity index (χ2n) is 5.08. The maximum Gasteiger partial charge on any atom is 0.260 e. The Morgan fingerprint density at radius 3 is 2.79 bits per heavy atom.